The standard InChI is InChI=1S/C13H21N3O2/c1-3-18-8-4-7-16-12-9-10(13(17)15-2)5-6-11(12)14/h5-6,9,16H,3-4,7-8,14H2,1-2H3,(H,15,17). The number of anilines is 2. The number of nitrogen functional groups attached to an aromatic ring is 1. The summed E-state index contributed by atoms with van der Waals surface area (Å²) in [5.74, 6) is -0.118. The molecule has 0 heterocycles. The molecule has 0 aliphatic carbocycles. The third-order valence-corrected chi connectivity index (χ3v) is 2.53. The molecular weight excluding hydrogens is 230 g/mol. The Morgan fingerprint density at radius 1 is 1.44 bits per heavy atom. The minimum Gasteiger partial charge on any atom is -0.397 e. The normalized spacial score (nSPS) is 10.1. The molecule has 0 atom stereocenters. The number of benzene rings is 1. The molecule has 1 aromatic carbocycles. The van der Waals surface area contributed by atoms with Crippen molar-refractivity contribution >= 4 is 17.3 Å². The van der Waals surface area contributed by atoms with Crippen molar-refractivity contribution in [2.45, 2.75) is 13.3 Å². The first-order chi connectivity index (χ1) is 8.69. The van der Waals surface area contributed by atoms with E-state index in [2.05, 4.69) is 10.6 Å². The van der Waals surface area contributed by atoms with Crippen LogP contribution in [0.15, 0.2) is 18.2 Å². The molecule has 1 aromatic rings. The number of ether oxygens (including phenoxy) is 1. The Bertz CT molecular complexity index is 394. The van der Waals surface area contributed by atoms with Crippen LogP contribution in [0.3, 0.4) is 0 Å². The fourth-order valence-electron chi connectivity index (χ4n) is 1.54. The van der Waals surface area contributed by atoms with Crippen LogP contribution >= 0.6 is 0 Å². The molecule has 0 radical (unpaired) electrons. The highest BCUT2D eigenvalue weighted by Crippen LogP contribution is 2.19. The lowest BCUT2D eigenvalue weighted by atomic mass is 10.1. The van der Waals surface area contributed by atoms with Gasteiger partial charge >= 0.3 is 0 Å². The lowest BCUT2D eigenvalue weighted by Crippen LogP contribution is -2.18. The third kappa shape index (κ3) is 4.25. The van der Waals surface area contributed by atoms with Gasteiger partial charge in [0.2, 0.25) is 0 Å². The number of carbonyl (C=O) groups is 1. The lowest BCUT2D eigenvalue weighted by molar-refractivity contribution is 0.0963. The Hall–Kier alpha value is -1.75. The maximum Gasteiger partial charge on any atom is 0.251 e. The van der Waals surface area contributed by atoms with E-state index in [1.807, 2.05) is 6.92 Å². The van der Waals surface area contributed by atoms with Gasteiger partial charge in [-0.05, 0) is 31.5 Å². The van der Waals surface area contributed by atoms with Crippen LogP contribution in [0.25, 0.3) is 0 Å². The molecule has 0 spiro atoms. The topological polar surface area (TPSA) is 76.4 Å². The van der Waals surface area contributed by atoms with Crippen molar-refractivity contribution in [1.29, 1.82) is 0 Å². The molecular formula is C13H21N3O2. The minimum absolute atomic E-state index is 0.118. The van der Waals surface area contributed by atoms with Crippen LogP contribution in [0.4, 0.5) is 11.4 Å². The summed E-state index contributed by atoms with van der Waals surface area (Å²) in [5, 5.41) is 5.79. The fourth-order valence-corrected chi connectivity index (χ4v) is 1.54. The van der Waals surface area contributed by atoms with Gasteiger partial charge in [0.05, 0.1) is 11.4 Å². The average molecular weight is 251 g/mol. The van der Waals surface area contributed by atoms with Crippen molar-refractivity contribution in [3.05, 3.63) is 23.8 Å². The van der Waals surface area contributed by atoms with Crippen LogP contribution in [-0.2, 0) is 4.74 Å². The van der Waals surface area contributed by atoms with Gasteiger partial charge in [0, 0.05) is 32.4 Å². The fraction of sp³-hybridized carbons (Fsp3) is 0.462. The molecule has 4 N–H and O–H groups in total. The molecule has 0 aliphatic rings. The molecule has 0 bridgehead atoms. The number of rotatable bonds is 7. The second kappa shape index (κ2) is 7.55. The zero-order valence-electron chi connectivity index (χ0n) is 11.0. The largest absolute Gasteiger partial charge is 0.397 e. The van der Waals surface area contributed by atoms with Gasteiger partial charge in [0.1, 0.15) is 0 Å². The zero-order valence-corrected chi connectivity index (χ0v) is 11.0. The molecule has 0 saturated heterocycles. The van der Waals surface area contributed by atoms with E-state index < -0.39 is 0 Å². The number of carbonyl (C=O) groups excluding carboxylic acids is 1. The van der Waals surface area contributed by atoms with Crippen molar-refractivity contribution in [1.82, 2.24) is 5.32 Å². The molecule has 5 heteroatoms. The van der Waals surface area contributed by atoms with Gasteiger partial charge in [-0.3, -0.25) is 4.79 Å². The molecule has 18 heavy (non-hydrogen) atoms. The third-order valence-electron chi connectivity index (χ3n) is 2.53. The molecule has 100 valence electrons. The Balaban J connectivity index is 2.56. The van der Waals surface area contributed by atoms with Crippen LogP contribution in [0.2, 0.25) is 0 Å². The molecule has 5 nitrogen and oxygen atoms in total. The zero-order chi connectivity index (χ0) is 13.4. The van der Waals surface area contributed by atoms with E-state index in [4.69, 9.17) is 10.5 Å². The average Bonchev–Trinajstić information content (AvgIpc) is 2.39. The van der Waals surface area contributed by atoms with E-state index in [1.165, 1.54) is 0 Å². The smallest absolute Gasteiger partial charge is 0.251 e. The van der Waals surface area contributed by atoms with Crippen LogP contribution in [0.1, 0.15) is 23.7 Å². The quantitative estimate of drug-likeness (QED) is 0.506. The van der Waals surface area contributed by atoms with E-state index in [0.29, 0.717) is 11.3 Å². The summed E-state index contributed by atoms with van der Waals surface area (Å²) < 4.78 is 5.25. The molecule has 1 amide bonds. The molecule has 0 saturated carbocycles. The van der Waals surface area contributed by atoms with Gasteiger partial charge in [-0.15, -0.1) is 0 Å². The van der Waals surface area contributed by atoms with Crippen molar-refractivity contribution in [3.63, 3.8) is 0 Å². The number of hydrogen-bond donors (Lipinski definition) is 3. The molecule has 0 aliphatic heterocycles. The van der Waals surface area contributed by atoms with E-state index in [-0.39, 0.29) is 5.91 Å². The van der Waals surface area contributed by atoms with E-state index in [0.717, 1.165) is 31.9 Å². The number of amides is 1. The Morgan fingerprint density at radius 2 is 2.22 bits per heavy atom. The van der Waals surface area contributed by atoms with E-state index in [1.54, 1.807) is 25.2 Å². The van der Waals surface area contributed by atoms with Crippen molar-refractivity contribution in [3.8, 4) is 0 Å². The van der Waals surface area contributed by atoms with Crippen molar-refractivity contribution in [2.24, 2.45) is 0 Å². The summed E-state index contributed by atoms with van der Waals surface area (Å²) in [7, 11) is 1.61. The number of nitrogens with one attached hydrogen (secondary N) is 2. The van der Waals surface area contributed by atoms with E-state index >= 15 is 0 Å². The summed E-state index contributed by atoms with van der Waals surface area (Å²) in [5.41, 5.74) is 7.87. The van der Waals surface area contributed by atoms with Gasteiger partial charge in [0.25, 0.3) is 5.91 Å². The minimum atomic E-state index is -0.118. The molecule has 0 fully saturated rings. The highest BCUT2D eigenvalue weighted by molar-refractivity contribution is 5.96. The maximum absolute atomic E-state index is 11.5. The van der Waals surface area contributed by atoms with Crippen molar-refractivity contribution in [2.75, 3.05) is 37.9 Å². The predicted molar refractivity (Wildman–Crippen MR) is 73.8 cm³/mol. The molecule has 0 unspecified atom stereocenters. The highest BCUT2D eigenvalue weighted by Gasteiger charge is 2.06. The van der Waals surface area contributed by atoms with Crippen LogP contribution < -0.4 is 16.4 Å². The second-order valence-corrected chi connectivity index (χ2v) is 3.86. The second-order valence-electron chi connectivity index (χ2n) is 3.86. The first-order valence-electron chi connectivity index (χ1n) is 6.12. The summed E-state index contributed by atoms with van der Waals surface area (Å²) in [6, 6.07) is 5.20. The Labute approximate surface area is 108 Å². The maximum atomic E-state index is 11.5. The van der Waals surface area contributed by atoms with Crippen LogP contribution in [-0.4, -0.2) is 32.7 Å². The number of nitrogens with two attached hydrogens (primary N) is 1. The summed E-state index contributed by atoms with van der Waals surface area (Å²) in [6.07, 6.45) is 0.900. The first kappa shape index (κ1) is 14.3. The van der Waals surface area contributed by atoms with Crippen molar-refractivity contribution < 1.29 is 9.53 Å². The summed E-state index contributed by atoms with van der Waals surface area (Å²) >= 11 is 0. The first-order valence-corrected chi connectivity index (χ1v) is 6.12. The molecule has 0 aromatic heterocycles. The van der Waals surface area contributed by atoms with Gasteiger partial charge < -0.3 is 21.1 Å². The van der Waals surface area contributed by atoms with Crippen LogP contribution in [0.5, 0.6) is 0 Å². The summed E-state index contributed by atoms with van der Waals surface area (Å²) in [4.78, 5) is 11.5. The van der Waals surface area contributed by atoms with Gasteiger partial charge in [-0.25, -0.2) is 0 Å². The highest BCUT2D eigenvalue weighted by atomic mass is 16.5. The Kier molecular flexibility index (Phi) is 6.00. The Morgan fingerprint density at radius 3 is 2.89 bits per heavy atom. The molecule has 1 rings (SSSR count). The summed E-state index contributed by atoms with van der Waals surface area (Å²) in [6.45, 7) is 4.19. The van der Waals surface area contributed by atoms with Gasteiger partial charge in [-0.2, -0.15) is 0 Å². The predicted octanol–water partition coefficient (Wildman–Crippen LogP) is 1.47. The van der Waals surface area contributed by atoms with E-state index in [9.17, 15) is 4.79 Å². The van der Waals surface area contributed by atoms with Gasteiger partial charge in [0.15, 0.2) is 0 Å². The SMILES string of the molecule is CCOCCCNc1cc(C(=O)NC)ccc1N. The monoisotopic (exact) mass is 251 g/mol. The van der Waals surface area contributed by atoms with Gasteiger partial charge in [-0.1, -0.05) is 0 Å². The van der Waals surface area contributed by atoms with Crippen LogP contribution in [0, 0.1) is 0 Å². The lowest BCUT2D eigenvalue weighted by Gasteiger charge is -2.11. The number of hydrogen-bond acceptors (Lipinski definition) is 4.